The van der Waals surface area contributed by atoms with Gasteiger partial charge in [-0.1, -0.05) is 0 Å². The third-order valence-corrected chi connectivity index (χ3v) is 5.58. The largest absolute Gasteiger partial charge is 0.481 e. The Morgan fingerprint density at radius 1 is 1.48 bits per heavy atom. The normalized spacial score (nSPS) is 32.4. The fraction of sp³-hybridized carbons (Fsp3) is 0.769. The van der Waals surface area contributed by atoms with Gasteiger partial charge in [-0.05, 0) is 6.42 Å². The van der Waals surface area contributed by atoms with Gasteiger partial charge in [-0.15, -0.1) is 11.8 Å². The standard InChI is InChI=1S/C13H18N2O5S/c16-10(4-15-8-21-6-11(15)17)14-3-9-5-20-2-1-13(9,7-14)12(18)19/h9H,1-8H2,(H,18,19)/t9-,13+/m0/s1. The fourth-order valence-corrected chi connectivity index (χ4v) is 4.20. The van der Waals surface area contributed by atoms with Gasteiger partial charge in [0.2, 0.25) is 11.8 Å². The predicted molar refractivity (Wildman–Crippen MR) is 74.6 cm³/mol. The van der Waals surface area contributed by atoms with Gasteiger partial charge in [0.1, 0.15) is 6.54 Å². The molecule has 8 heteroatoms. The number of fused-ring (bicyclic) bond motifs is 1. The first kappa shape index (κ1) is 14.6. The van der Waals surface area contributed by atoms with Gasteiger partial charge in [-0.25, -0.2) is 0 Å². The molecule has 3 saturated heterocycles. The number of hydrogen-bond donors (Lipinski definition) is 1. The van der Waals surface area contributed by atoms with Crippen LogP contribution in [0.4, 0.5) is 0 Å². The van der Waals surface area contributed by atoms with Crippen LogP contribution in [-0.2, 0) is 19.1 Å². The summed E-state index contributed by atoms with van der Waals surface area (Å²) in [6, 6.07) is 0. The molecule has 21 heavy (non-hydrogen) atoms. The zero-order valence-corrected chi connectivity index (χ0v) is 12.4. The Balaban J connectivity index is 1.68. The molecule has 0 aromatic rings. The van der Waals surface area contributed by atoms with E-state index in [2.05, 4.69) is 0 Å². The van der Waals surface area contributed by atoms with Crippen molar-refractivity contribution in [2.75, 3.05) is 44.5 Å². The van der Waals surface area contributed by atoms with Gasteiger partial charge < -0.3 is 19.6 Å². The third-order valence-electron chi connectivity index (χ3n) is 4.64. The van der Waals surface area contributed by atoms with Crippen LogP contribution < -0.4 is 0 Å². The molecule has 116 valence electrons. The number of ether oxygens (including phenoxy) is 1. The molecule has 0 radical (unpaired) electrons. The zero-order valence-electron chi connectivity index (χ0n) is 11.6. The number of nitrogens with zero attached hydrogens (tertiary/aromatic N) is 2. The van der Waals surface area contributed by atoms with Crippen LogP contribution in [0.5, 0.6) is 0 Å². The number of carbonyl (C=O) groups excluding carboxylic acids is 2. The smallest absolute Gasteiger partial charge is 0.311 e. The molecule has 3 aliphatic heterocycles. The van der Waals surface area contributed by atoms with E-state index >= 15 is 0 Å². The quantitative estimate of drug-likeness (QED) is 0.753. The first-order valence-corrected chi connectivity index (χ1v) is 8.13. The Morgan fingerprint density at radius 3 is 2.90 bits per heavy atom. The highest BCUT2D eigenvalue weighted by Crippen LogP contribution is 2.42. The van der Waals surface area contributed by atoms with E-state index in [1.54, 1.807) is 4.90 Å². The number of carboxylic acid groups (broad SMARTS) is 1. The second-order valence-corrected chi connectivity index (χ2v) is 6.78. The second kappa shape index (κ2) is 5.49. The lowest BCUT2D eigenvalue weighted by Crippen LogP contribution is -2.45. The lowest BCUT2D eigenvalue weighted by atomic mass is 9.74. The van der Waals surface area contributed by atoms with E-state index in [9.17, 15) is 19.5 Å². The molecule has 3 fully saturated rings. The molecule has 2 amide bonds. The van der Waals surface area contributed by atoms with Gasteiger partial charge >= 0.3 is 5.97 Å². The van der Waals surface area contributed by atoms with Crippen molar-refractivity contribution in [3.8, 4) is 0 Å². The number of rotatable bonds is 3. The van der Waals surface area contributed by atoms with E-state index in [0.29, 0.717) is 37.8 Å². The van der Waals surface area contributed by atoms with Crippen molar-refractivity contribution < 1.29 is 24.2 Å². The van der Waals surface area contributed by atoms with Crippen LogP contribution in [0, 0.1) is 11.3 Å². The van der Waals surface area contributed by atoms with Crippen molar-refractivity contribution in [3.63, 3.8) is 0 Å². The Labute approximate surface area is 126 Å². The monoisotopic (exact) mass is 314 g/mol. The molecule has 0 aliphatic carbocycles. The van der Waals surface area contributed by atoms with E-state index < -0.39 is 11.4 Å². The van der Waals surface area contributed by atoms with Crippen LogP contribution in [0.3, 0.4) is 0 Å². The molecule has 7 nitrogen and oxygen atoms in total. The number of aliphatic carboxylic acids is 1. The lowest BCUT2D eigenvalue weighted by molar-refractivity contribution is -0.157. The van der Waals surface area contributed by atoms with Gasteiger partial charge in [0, 0.05) is 25.6 Å². The highest BCUT2D eigenvalue weighted by atomic mass is 32.2. The summed E-state index contributed by atoms with van der Waals surface area (Å²) in [5.41, 5.74) is -0.877. The van der Waals surface area contributed by atoms with Crippen LogP contribution in [0.2, 0.25) is 0 Å². The predicted octanol–water partition coefficient (Wildman–Crippen LogP) is -0.531. The number of thioether (sulfide) groups is 1. The summed E-state index contributed by atoms with van der Waals surface area (Å²) in [7, 11) is 0. The summed E-state index contributed by atoms with van der Waals surface area (Å²) >= 11 is 1.49. The summed E-state index contributed by atoms with van der Waals surface area (Å²) in [6.45, 7) is 1.49. The fourth-order valence-electron chi connectivity index (χ4n) is 3.29. The van der Waals surface area contributed by atoms with E-state index in [0.717, 1.165) is 0 Å². The summed E-state index contributed by atoms with van der Waals surface area (Å²) in [5.74, 6) is -0.241. The molecule has 0 aromatic carbocycles. The number of amides is 2. The van der Waals surface area contributed by atoms with Crippen LogP contribution >= 0.6 is 11.8 Å². The average Bonchev–Trinajstić information content (AvgIpc) is 3.03. The van der Waals surface area contributed by atoms with Gasteiger partial charge in [0.25, 0.3) is 0 Å². The molecular formula is C13H18N2O5S. The van der Waals surface area contributed by atoms with Crippen molar-refractivity contribution >= 4 is 29.5 Å². The van der Waals surface area contributed by atoms with Gasteiger partial charge in [-0.2, -0.15) is 0 Å². The average molecular weight is 314 g/mol. The minimum atomic E-state index is -0.877. The van der Waals surface area contributed by atoms with Crippen LogP contribution in [0.25, 0.3) is 0 Å². The molecule has 3 rings (SSSR count). The van der Waals surface area contributed by atoms with Crippen LogP contribution in [-0.4, -0.2) is 77.2 Å². The molecular weight excluding hydrogens is 296 g/mol. The number of carbonyl (C=O) groups is 3. The Hall–Kier alpha value is -1.28. The number of likely N-dealkylation sites (tertiary alicyclic amines) is 1. The van der Waals surface area contributed by atoms with Crippen LogP contribution in [0.15, 0.2) is 0 Å². The second-order valence-electron chi connectivity index (χ2n) is 5.83. The minimum Gasteiger partial charge on any atom is -0.481 e. The molecule has 3 heterocycles. The van der Waals surface area contributed by atoms with Crippen molar-refractivity contribution in [1.29, 1.82) is 0 Å². The first-order valence-electron chi connectivity index (χ1n) is 6.97. The van der Waals surface area contributed by atoms with Gasteiger partial charge in [0.05, 0.1) is 23.7 Å². The van der Waals surface area contributed by atoms with Crippen molar-refractivity contribution in [2.24, 2.45) is 11.3 Å². The summed E-state index contributed by atoms with van der Waals surface area (Å²) < 4.78 is 5.37. The Kier molecular flexibility index (Phi) is 3.83. The van der Waals surface area contributed by atoms with E-state index in [1.165, 1.54) is 16.7 Å². The zero-order chi connectivity index (χ0) is 15.0. The molecule has 0 bridgehead atoms. The van der Waals surface area contributed by atoms with Crippen molar-refractivity contribution in [1.82, 2.24) is 9.80 Å². The van der Waals surface area contributed by atoms with E-state index in [1.807, 2.05) is 0 Å². The molecule has 2 atom stereocenters. The number of hydrogen-bond acceptors (Lipinski definition) is 5. The molecule has 0 saturated carbocycles. The molecule has 3 aliphatic rings. The maximum Gasteiger partial charge on any atom is 0.311 e. The summed E-state index contributed by atoms with van der Waals surface area (Å²) in [4.78, 5) is 38.7. The first-order chi connectivity index (χ1) is 10.0. The lowest BCUT2D eigenvalue weighted by Gasteiger charge is -2.33. The highest BCUT2D eigenvalue weighted by Gasteiger charge is 2.54. The topological polar surface area (TPSA) is 87.2 Å². The van der Waals surface area contributed by atoms with E-state index in [-0.39, 0.29) is 30.8 Å². The molecule has 0 spiro atoms. The maximum atomic E-state index is 12.3. The summed E-state index contributed by atoms with van der Waals surface area (Å²) in [6.07, 6.45) is 0.440. The van der Waals surface area contributed by atoms with E-state index in [4.69, 9.17) is 4.74 Å². The SMILES string of the molecule is O=C1CSCN1CC(=O)N1C[C@H]2COCC[C@@]2(C(=O)O)C1. The number of carboxylic acids is 1. The maximum absolute atomic E-state index is 12.3. The Bertz CT molecular complexity index is 485. The third kappa shape index (κ3) is 2.50. The Morgan fingerprint density at radius 2 is 2.29 bits per heavy atom. The minimum absolute atomic E-state index is 0.0266. The molecule has 1 N–H and O–H groups in total. The van der Waals surface area contributed by atoms with Crippen LogP contribution in [0.1, 0.15) is 6.42 Å². The van der Waals surface area contributed by atoms with Gasteiger partial charge in [0.15, 0.2) is 0 Å². The molecule has 0 unspecified atom stereocenters. The summed E-state index contributed by atoms with van der Waals surface area (Å²) in [5, 5.41) is 9.56. The highest BCUT2D eigenvalue weighted by molar-refractivity contribution is 8.00. The van der Waals surface area contributed by atoms with Crippen molar-refractivity contribution in [2.45, 2.75) is 6.42 Å². The van der Waals surface area contributed by atoms with Gasteiger partial charge in [-0.3, -0.25) is 14.4 Å². The van der Waals surface area contributed by atoms with Crippen molar-refractivity contribution in [3.05, 3.63) is 0 Å². The molecule has 0 aromatic heterocycles.